The fourth-order valence-corrected chi connectivity index (χ4v) is 1.02. The van der Waals surface area contributed by atoms with E-state index in [1.807, 2.05) is 13.0 Å². The quantitative estimate of drug-likeness (QED) is 0.366. The summed E-state index contributed by atoms with van der Waals surface area (Å²) in [6.07, 6.45) is 6.01. The molecule has 0 amide bonds. The maximum absolute atomic E-state index is 11.5. The molecule has 0 aromatic carbocycles. The molecule has 3 nitrogen and oxygen atoms in total. The van der Waals surface area contributed by atoms with Gasteiger partial charge in [-0.15, -0.1) is 18.2 Å². The Morgan fingerprint density at radius 2 is 1.87 bits per heavy atom. The molecule has 0 fully saturated rings. The van der Waals surface area contributed by atoms with Crippen molar-refractivity contribution in [3.63, 3.8) is 0 Å². The summed E-state index contributed by atoms with van der Waals surface area (Å²) in [4.78, 5) is 16.6. The third-order valence-electron chi connectivity index (χ3n) is 1.71. The van der Waals surface area contributed by atoms with Gasteiger partial charge < -0.3 is 4.84 Å². The molecule has 0 aromatic rings. The Morgan fingerprint density at radius 1 is 1.33 bits per heavy atom. The van der Waals surface area contributed by atoms with Crippen LogP contribution >= 0.6 is 0 Å². The molecule has 0 N–H and O–H groups in total. The zero-order valence-electron chi connectivity index (χ0n) is 9.53. The minimum Gasteiger partial charge on any atom is -0.364 e. The molecular formula is C12H19NO2. The van der Waals surface area contributed by atoms with E-state index < -0.39 is 0 Å². The SMILES string of the molecule is C=CCN(CC=C)OC(=O)C(C)=CCC. The van der Waals surface area contributed by atoms with E-state index in [-0.39, 0.29) is 5.97 Å². The van der Waals surface area contributed by atoms with E-state index in [1.54, 1.807) is 19.1 Å². The molecule has 0 aliphatic carbocycles. The Kier molecular flexibility index (Phi) is 7.28. The van der Waals surface area contributed by atoms with Crippen molar-refractivity contribution in [2.75, 3.05) is 13.1 Å². The standard InChI is InChI=1S/C12H19NO2/c1-5-8-11(4)12(14)15-13(9-6-2)10-7-3/h6-8H,2-3,5,9-10H2,1,4H3. The van der Waals surface area contributed by atoms with Crippen LogP contribution in [0.1, 0.15) is 20.3 Å². The Bertz CT molecular complexity index is 246. The molecule has 0 spiro atoms. The predicted molar refractivity (Wildman–Crippen MR) is 62.1 cm³/mol. The largest absolute Gasteiger partial charge is 0.364 e. The third kappa shape index (κ3) is 5.86. The van der Waals surface area contributed by atoms with Gasteiger partial charge in [-0.05, 0) is 13.3 Å². The van der Waals surface area contributed by atoms with Crippen molar-refractivity contribution in [2.45, 2.75) is 20.3 Å². The van der Waals surface area contributed by atoms with Gasteiger partial charge in [0.1, 0.15) is 0 Å². The van der Waals surface area contributed by atoms with E-state index >= 15 is 0 Å². The van der Waals surface area contributed by atoms with Crippen LogP contribution in [0.4, 0.5) is 0 Å². The average molecular weight is 209 g/mol. The van der Waals surface area contributed by atoms with Gasteiger partial charge in [-0.1, -0.05) is 25.2 Å². The van der Waals surface area contributed by atoms with Crippen molar-refractivity contribution >= 4 is 5.97 Å². The third-order valence-corrected chi connectivity index (χ3v) is 1.71. The number of hydroxylamine groups is 2. The molecule has 0 saturated carbocycles. The average Bonchev–Trinajstić information content (AvgIpc) is 2.18. The minimum atomic E-state index is -0.319. The molecule has 0 aliphatic rings. The normalized spacial score (nSPS) is 11.3. The maximum Gasteiger partial charge on any atom is 0.352 e. The molecule has 0 rings (SSSR count). The lowest BCUT2D eigenvalue weighted by atomic mass is 10.2. The van der Waals surface area contributed by atoms with Crippen LogP contribution in [0.15, 0.2) is 37.0 Å². The van der Waals surface area contributed by atoms with Crippen LogP contribution < -0.4 is 0 Å². The van der Waals surface area contributed by atoms with E-state index in [4.69, 9.17) is 4.84 Å². The lowest BCUT2D eigenvalue weighted by molar-refractivity contribution is -0.180. The van der Waals surface area contributed by atoms with E-state index in [9.17, 15) is 4.79 Å². The van der Waals surface area contributed by atoms with Crippen molar-refractivity contribution in [3.8, 4) is 0 Å². The molecule has 15 heavy (non-hydrogen) atoms. The van der Waals surface area contributed by atoms with Crippen LogP contribution in [0.2, 0.25) is 0 Å². The second kappa shape index (κ2) is 8.00. The lowest BCUT2D eigenvalue weighted by Crippen LogP contribution is -2.28. The molecule has 84 valence electrons. The Labute approximate surface area is 91.7 Å². The Hall–Kier alpha value is -1.35. The van der Waals surface area contributed by atoms with Crippen LogP contribution in [-0.4, -0.2) is 24.1 Å². The fraction of sp³-hybridized carbons (Fsp3) is 0.417. The second-order valence-electron chi connectivity index (χ2n) is 3.10. The highest BCUT2D eigenvalue weighted by Gasteiger charge is 2.10. The van der Waals surface area contributed by atoms with Crippen molar-refractivity contribution in [1.82, 2.24) is 5.06 Å². The highest BCUT2D eigenvalue weighted by atomic mass is 16.7. The molecule has 0 unspecified atom stereocenters. The van der Waals surface area contributed by atoms with Crippen molar-refractivity contribution in [1.29, 1.82) is 0 Å². The first kappa shape index (κ1) is 13.7. The van der Waals surface area contributed by atoms with E-state index in [2.05, 4.69) is 13.2 Å². The van der Waals surface area contributed by atoms with Crippen LogP contribution in [0.3, 0.4) is 0 Å². The number of carbonyl (C=O) groups excluding carboxylic acids is 1. The van der Waals surface area contributed by atoms with E-state index in [1.165, 1.54) is 5.06 Å². The monoisotopic (exact) mass is 209 g/mol. The summed E-state index contributed by atoms with van der Waals surface area (Å²) >= 11 is 0. The second-order valence-corrected chi connectivity index (χ2v) is 3.10. The predicted octanol–water partition coefficient (Wildman–Crippen LogP) is 2.47. The Morgan fingerprint density at radius 3 is 2.27 bits per heavy atom. The zero-order chi connectivity index (χ0) is 11.7. The van der Waals surface area contributed by atoms with Gasteiger partial charge in [0.2, 0.25) is 0 Å². The number of allylic oxidation sites excluding steroid dienone is 1. The fourth-order valence-electron chi connectivity index (χ4n) is 1.02. The number of hydrogen-bond acceptors (Lipinski definition) is 3. The summed E-state index contributed by atoms with van der Waals surface area (Å²) in [6.45, 7) is 11.9. The number of hydrogen-bond donors (Lipinski definition) is 0. The summed E-state index contributed by atoms with van der Waals surface area (Å²) in [5.74, 6) is -0.319. The number of carbonyl (C=O) groups is 1. The van der Waals surface area contributed by atoms with Crippen LogP contribution in [0.5, 0.6) is 0 Å². The summed E-state index contributed by atoms with van der Waals surface area (Å²) in [5.41, 5.74) is 0.621. The molecule has 0 aromatic heterocycles. The molecule has 0 bridgehead atoms. The first-order valence-corrected chi connectivity index (χ1v) is 5.01. The maximum atomic E-state index is 11.5. The minimum absolute atomic E-state index is 0.319. The van der Waals surface area contributed by atoms with Crippen molar-refractivity contribution < 1.29 is 9.63 Å². The summed E-state index contributed by atoms with van der Waals surface area (Å²) in [5, 5.41) is 1.51. The van der Waals surface area contributed by atoms with Gasteiger partial charge in [-0.25, -0.2) is 4.79 Å². The van der Waals surface area contributed by atoms with Gasteiger partial charge in [-0.2, -0.15) is 0 Å². The number of nitrogens with zero attached hydrogens (tertiary/aromatic N) is 1. The molecule has 0 aliphatic heterocycles. The van der Waals surface area contributed by atoms with Gasteiger partial charge in [0.15, 0.2) is 0 Å². The lowest BCUT2D eigenvalue weighted by Gasteiger charge is -2.17. The van der Waals surface area contributed by atoms with Crippen molar-refractivity contribution in [3.05, 3.63) is 37.0 Å². The van der Waals surface area contributed by atoms with Gasteiger partial charge >= 0.3 is 5.97 Å². The zero-order valence-corrected chi connectivity index (χ0v) is 9.53. The topological polar surface area (TPSA) is 29.5 Å². The molecule has 3 heteroatoms. The summed E-state index contributed by atoms with van der Waals surface area (Å²) in [7, 11) is 0. The molecular weight excluding hydrogens is 190 g/mol. The number of rotatable bonds is 7. The first-order chi connectivity index (χ1) is 7.15. The van der Waals surface area contributed by atoms with Gasteiger partial charge in [0.25, 0.3) is 0 Å². The van der Waals surface area contributed by atoms with Gasteiger partial charge in [-0.3, -0.25) is 0 Å². The van der Waals surface area contributed by atoms with Crippen molar-refractivity contribution in [2.24, 2.45) is 0 Å². The summed E-state index contributed by atoms with van der Waals surface area (Å²) < 4.78 is 0. The first-order valence-electron chi connectivity index (χ1n) is 5.01. The van der Waals surface area contributed by atoms with Crippen LogP contribution in [0.25, 0.3) is 0 Å². The smallest absolute Gasteiger partial charge is 0.352 e. The van der Waals surface area contributed by atoms with E-state index in [0.29, 0.717) is 18.7 Å². The van der Waals surface area contributed by atoms with Gasteiger partial charge in [0, 0.05) is 5.57 Å². The highest BCUT2D eigenvalue weighted by Crippen LogP contribution is 2.01. The summed E-state index contributed by atoms with van der Waals surface area (Å²) in [6, 6.07) is 0. The Balaban J connectivity index is 4.26. The van der Waals surface area contributed by atoms with E-state index in [0.717, 1.165) is 6.42 Å². The van der Waals surface area contributed by atoms with Gasteiger partial charge in [0.05, 0.1) is 13.1 Å². The molecule has 0 radical (unpaired) electrons. The molecule has 0 saturated heterocycles. The van der Waals surface area contributed by atoms with Crippen LogP contribution in [0, 0.1) is 0 Å². The molecule has 0 atom stereocenters. The highest BCUT2D eigenvalue weighted by molar-refractivity contribution is 5.87. The molecule has 0 heterocycles. The van der Waals surface area contributed by atoms with Crippen LogP contribution in [-0.2, 0) is 9.63 Å².